The van der Waals surface area contributed by atoms with Crippen molar-refractivity contribution in [3.05, 3.63) is 84.3 Å². The molecule has 8 nitrogen and oxygen atoms in total. The summed E-state index contributed by atoms with van der Waals surface area (Å²) in [7, 11) is 1.84. The molecule has 5 aromatic rings. The molecule has 0 fully saturated rings. The number of nitrogens with zero attached hydrogens (tertiary/aromatic N) is 7. The summed E-state index contributed by atoms with van der Waals surface area (Å²) in [5.74, 6) is 1.75. The first-order valence-corrected chi connectivity index (χ1v) is 9.32. The number of hydrogen-bond donors (Lipinski definition) is 1. The van der Waals surface area contributed by atoms with Crippen molar-refractivity contribution in [2.75, 3.05) is 5.32 Å². The van der Waals surface area contributed by atoms with E-state index in [9.17, 15) is 4.39 Å². The molecular formula is C21H17FN8. The minimum atomic E-state index is -0.261. The van der Waals surface area contributed by atoms with Gasteiger partial charge in [-0.25, -0.2) is 14.4 Å². The number of rotatable bonds is 5. The summed E-state index contributed by atoms with van der Waals surface area (Å²) in [6.07, 6.45) is 5.79. The van der Waals surface area contributed by atoms with Gasteiger partial charge >= 0.3 is 0 Å². The van der Waals surface area contributed by atoms with Crippen molar-refractivity contribution in [2.45, 2.75) is 6.42 Å². The molecule has 9 heteroatoms. The van der Waals surface area contributed by atoms with Crippen LogP contribution in [0.3, 0.4) is 0 Å². The van der Waals surface area contributed by atoms with Gasteiger partial charge in [-0.2, -0.15) is 5.10 Å². The average Bonchev–Trinajstić information content (AvgIpc) is 3.34. The Labute approximate surface area is 171 Å². The van der Waals surface area contributed by atoms with Crippen LogP contribution in [0, 0.1) is 5.82 Å². The van der Waals surface area contributed by atoms with Gasteiger partial charge in [0.15, 0.2) is 5.65 Å². The van der Waals surface area contributed by atoms with E-state index in [1.54, 1.807) is 23.1 Å². The van der Waals surface area contributed by atoms with Gasteiger partial charge in [-0.05, 0) is 35.9 Å². The van der Waals surface area contributed by atoms with Gasteiger partial charge in [0, 0.05) is 37.5 Å². The van der Waals surface area contributed by atoms with E-state index in [1.807, 2.05) is 48.0 Å². The Hall–Kier alpha value is -4.14. The first-order valence-electron chi connectivity index (χ1n) is 9.32. The predicted octanol–water partition coefficient (Wildman–Crippen LogP) is 3.39. The van der Waals surface area contributed by atoms with Gasteiger partial charge in [0.25, 0.3) is 0 Å². The van der Waals surface area contributed by atoms with Crippen molar-refractivity contribution in [1.82, 2.24) is 34.3 Å². The molecule has 0 radical (unpaired) electrons. The number of pyridine rings is 1. The maximum absolute atomic E-state index is 13.5. The third kappa shape index (κ3) is 3.48. The Bertz CT molecular complexity index is 1340. The lowest BCUT2D eigenvalue weighted by atomic mass is 10.1. The van der Waals surface area contributed by atoms with Crippen molar-refractivity contribution >= 4 is 17.4 Å². The zero-order chi connectivity index (χ0) is 20.5. The minimum Gasteiger partial charge on any atom is -0.309 e. The van der Waals surface area contributed by atoms with E-state index in [2.05, 4.69) is 30.6 Å². The van der Waals surface area contributed by atoms with Gasteiger partial charge in [0.2, 0.25) is 5.95 Å². The molecule has 1 N–H and O–H groups in total. The topological polar surface area (TPSA) is 85.8 Å². The number of benzene rings is 1. The Morgan fingerprint density at radius 3 is 2.80 bits per heavy atom. The molecule has 30 heavy (non-hydrogen) atoms. The Morgan fingerprint density at radius 1 is 1.03 bits per heavy atom. The van der Waals surface area contributed by atoms with Crippen molar-refractivity contribution in [1.29, 1.82) is 0 Å². The number of anilines is 2. The summed E-state index contributed by atoms with van der Waals surface area (Å²) < 4.78 is 17.1. The second-order valence-corrected chi connectivity index (χ2v) is 6.80. The molecular weight excluding hydrogens is 383 g/mol. The monoisotopic (exact) mass is 400 g/mol. The zero-order valence-electron chi connectivity index (χ0n) is 16.1. The molecule has 0 saturated carbocycles. The molecule has 0 bridgehead atoms. The van der Waals surface area contributed by atoms with Gasteiger partial charge in [0.05, 0.1) is 11.9 Å². The molecule has 0 aliphatic heterocycles. The lowest BCUT2D eigenvalue weighted by molar-refractivity contribution is 0.625. The number of fused-ring (bicyclic) bond motifs is 1. The highest BCUT2D eigenvalue weighted by Crippen LogP contribution is 2.21. The van der Waals surface area contributed by atoms with Gasteiger partial charge in [-0.1, -0.05) is 12.1 Å². The highest BCUT2D eigenvalue weighted by atomic mass is 19.1. The summed E-state index contributed by atoms with van der Waals surface area (Å²) in [5, 5.41) is 15.8. The van der Waals surface area contributed by atoms with E-state index in [0.29, 0.717) is 18.0 Å². The van der Waals surface area contributed by atoms with Crippen LogP contribution in [0.5, 0.6) is 0 Å². The molecule has 0 aliphatic carbocycles. The smallest absolute Gasteiger partial charge is 0.228 e. The van der Waals surface area contributed by atoms with Crippen LogP contribution in [-0.2, 0) is 13.5 Å². The number of halogens is 1. The minimum absolute atomic E-state index is 0.261. The van der Waals surface area contributed by atoms with E-state index in [1.165, 1.54) is 12.1 Å². The average molecular weight is 400 g/mol. The largest absolute Gasteiger partial charge is 0.309 e. The lowest BCUT2D eigenvalue weighted by Crippen LogP contribution is -2.03. The van der Waals surface area contributed by atoms with Crippen molar-refractivity contribution in [2.24, 2.45) is 7.05 Å². The van der Waals surface area contributed by atoms with Crippen LogP contribution in [0.1, 0.15) is 11.4 Å². The van der Waals surface area contributed by atoms with Crippen LogP contribution in [0.2, 0.25) is 0 Å². The quantitative estimate of drug-likeness (QED) is 0.487. The fourth-order valence-electron chi connectivity index (χ4n) is 3.24. The fraction of sp³-hybridized carbons (Fsp3) is 0.0952. The van der Waals surface area contributed by atoms with Crippen molar-refractivity contribution in [3.63, 3.8) is 0 Å². The molecule has 5 rings (SSSR count). The molecule has 148 valence electrons. The van der Waals surface area contributed by atoms with Crippen LogP contribution >= 0.6 is 0 Å². The van der Waals surface area contributed by atoms with Crippen LogP contribution in [0.4, 0.5) is 16.2 Å². The predicted molar refractivity (Wildman–Crippen MR) is 110 cm³/mol. The van der Waals surface area contributed by atoms with E-state index < -0.39 is 0 Å². The van der Waals surface area contributed by atoms with E-state index in [4.69, 9.17) is 0 Å². The zero-order valence-corrected chi connectivity index (χ0v) is 16.1. The standard InChI is InChI=1S/C21H17FN8/c1-29-18(6-9-24-29)26-21-23-8-5-17(25-21)15-7-10-30-19(27-28-20(30)13-15)12-14-3-2-4-16(22)11-14/h2-11,13H,12H2,1H3,(H,23,25,26). The number of hydrogen-bond acceptors (Lipinski definition) is 6. The summed E-state index contributed by atoms with van der Waals surface area (Å²) >= 11 is 0. The Kier molecular flexibility index (Phi) is 4.40. The maximum Gasteiger partial charge on any atom is 0.228 e. The molecule has 4 aromatic heterocycles. The Morgan fingerprint density at radius 2 is 1.97 bits per heavy atom. The van der Waals surface area contributed by atoms with Gasteiger partial charge in [-0.15, -0.1) is 10.2 Å². The molecule has 1 aromatic carbocycles. The third-order valence-corrected chi connectivity index (χ3v) is 4.74. The molecule has 0 amide bonds. The molecule has 4 heterocycles. The normalized spacial score (nSPS) is 11.1. The Balaban J connectivity index is 1.43. The van der Waals surface area contributed by atoms with Gasteiger partial charge < -0.3 is 5.32 Å². The number of aryl methyl sites for hydroxylation is 1. The molecule has 0 aliphatic rings. The second kappa shape index (κ2) is 7.36. The summed E-state index contributed by atoms with van der Waals surface area (Å²) in [4.78, 5) is 8.86. The summed E-state index contributed by atoms with van der Waals surface area (Å²) in [5.41, 5.74) is 3.18. The third-order valence-electron chi connectivity index (χ3n) is 4.74. The fourth-order valence-corrected chi connectivity index (χ4v) is 3.24. The van der Waals surface area contributed by atoms with E-state index >= 15 is 0 Å². The number of aromatic nitrogens is 7. The highest BCUT2D eigenvalue weighted by Gasteiger charge is 2.10. The second-order valence-electron chi connectivity index (χ2n) is 6.80. The maximum atomic E-state index is 13.5. The van der Waals surface area contributed by atoms with Crippen LogP contribution in [-0.4, -0.2) is 34.3 Å². The highest BCUT2D eigenvalue weighted by molar-refractivity contribution is 5.65. The van der Waals surface area contributed by atoms with E-state index in [-0.39, 0.29) is 5.82 Å². The first kappa shape index (κ1) is 17.9. The molecule has 0 spiro atoms. The van der Waals surface area contributed by atoms with Crippen LogP contribution in [0.15, 0.2) is 67.1 Å². The van der Waals surface area contributed by atoms with Crippen molar-refractivity contribution in [3.8, 4) is 11.3 Å². The first-order chi connectivity index (χ1) is 14.7. The van der Waals surface area contributed by atoms with Crippen molar-refractivity contribution < 1.29 is 4.39 Å². The summed E-state index contributed by atoms with van der Waals surface area (Å²) in [6.45, 7) is 0. The van der Waals surface area contributed by atoms with Gasteiger partial charge in [0.1, 0.15) is 17.5 Å². The van der Waals surface area contributed by atoms with Crippen LogP contribution in [0.25, 0.3) is 16.9 Å². The molecule has 0 atom stereocenters. The molecule has 0 unspecified atom stereocenters. The van der Waals surface area contributed by atoms with Crippen LogP contribution < -0.4 is 5.32 Å². The lowest BCUT2D eigenvalue weighted by Gasteiger charge is -2.07. The summed E-state index contributed by atoms with van der Waals surface area (Å²) in [6, 6.07) is 14.0. The SMILES string of the molecule is Cn1nccc1Nc1nccc(-c2ccn3c(Cc4cccc(F)c4)nnc3c2)n1. The van der Waals surface area contributed by atoms with E-state index in [0.717, 1.165) is 28.5 Å². The number of nitrogens with one attached hydrogen (secondary N) is 1. The molecule has 0 saturated heterocycles. The van der Waals surface area contributed by atoms with Gasteiger partial charge in [-0.3, -0.25) is 9.08 Å².